The monoisotopic (exact) mass is 1880 g/mol. The Bertz CT molecular complexity index is 4900. The molecule has 24 nitrogen and oxygen atoms in total. The molecule has 8 aliphatic rings. The van der Waals surface area contributed by atoms with Gasteiger partial charge in [-0.3, -0.25) is 28.4 Å². The van der Waals surface area contributed by atoms with Crippen LogP contribution < -0.4 is 18.9 Å². The van der Waals surface area contributed by atoms with Crippen LogP contribution in [-0.2, 0) is 68.7 Å². The maximum absolute atomic E-state index is 11.4. The second kappa shape index (κ2) is 54.8. The van der Waals surface area contributed by atoms with Crippen LogP contribution in [0.3, 0.4) is 0 Å². The number of aliphatic carboxylic acids is 3. The van der Waals surface area contributed by atoms with Crippen LogP contribution in [-0.4, -0.2) is 187 Å². The summed E-state index contributed by atoms with van der Waals surface area (Å²) in [5, 5.41) is 111. The molecule has 0 radical (unpaired) electrons. The van der Waals surface area contributed by atoms with E-state index < -0.39 is 86.0 Å². The van der Waals surface area contributed by atoms with Crippen molar-refractivity contribution < 1.29 is 124 Å². The van der Waals surface area contributed by atoms with Crippen LogP contribution in [0, 0.1) is 94.7 Å². The number of halogens is 2. The number of aliphatic hydroxyl groups is 8. The van der Waals surface area contributed by atoms with Crippen LogP contribution in [0.4, 0.5) is 4.39 Å². The van der Waals surface area contributed by atoms with Gasteiger partial charge in [0.2, 0.25) is 6.10 Å². The first-order chi connectivity index (χ1) is 65.2. The molecule has 13 rings (SSSR count). The number of carboxylic acid groups (broad SMARTS) is 3. The molecule has 4 aliphatic carbocycles. The third kappa shape index (κ3) is 30.4. The minimum absolute atomic E-state index is 0.0287. The lowest BCUT2D eigenvalue weighted by molar-refractivity contribution is -0.163. The van der Waals surface area contributed by atoms with Crippen LogP contribution in [0.5, 0.6) is 23.0 Å². The molecule has 0 amide bonds. The van der Waals surface area contributed by atoms with Gasteiger partial charge in [-0.25, -0.2) is 4.79 Å². The van der Waals surface area contributed by atoms with E-state index in [0.29, 0.717) is 103 Å². The zero-order chi connectivity index (χ0) is 99.4. The van der Waals surface area contributed by atoms with Gasteiger partial charge in [-0.2, -0.15) is 0 Å². The summed E-state index contributed by atoms with van der Waals surface area (Å²) in [6.45, 7) is 16.2. The molecule has 11 N–H and O–H groups in total. The van der Waals surface area contributed by atoms with Crippen molar-refractivity contribution in [3.8, 4) is 70.4 Å². The normalized spacial score (nSPS) is 24.7. The number of ether oxygens (including phenoxy) is 7. The number of fused-ring (bicyclic) bond motifs is 12. The number of benzene rings is 5. The lowest BCUT2D eigenvalue weighted by Gasteiger charge is -2.19. The minimum atomic E-state index is -1.35. The molecule has 0 saturated heterocycles. The third-order valence-corrected chi connectivity index (χ3v) is 26.6. The molecule has 4 saturated carbocycles. The van der Waals surface area contributed by atoms with Crippen LogP contribution in [0.15, 0.2) is 146 Å². The van der Waals surface area contributed by atoms with Crippen molar-refractivity contribution >= 4 is 47.4 Å². The SMILES string of the molecule is CC#CCC(C)[C@H](O)/C=C/[C@@H]1[C@H]2c3cccc(CCCC(=O)O)c3O[C@H]2C[C@H]1O.CC#CCC(C)[C@H](O)/C=C/[C@@H]1[C@H]2c3cccc(CCCC(=O)OC)c3O[C@H]2C[C@H]1O.CC#CC[C@H](C)[C@H](O)/C=C/[C@@H]1[C@H]2c3cccc(CCCC(=O)O)c3O[C@H]2C[C@H]1O.CC#CC[C@H](C)[C@H](O)/C=C/[C@@H]1[C@H]2c3cccc(CCCC(=O)OC)c3O[C@H]2C[C@H]1O.CC(=O)O[C@@H](C(=O)O)c1ccccc1Cl.[2H]CF. The standard InChI is InChI=1S/2C25H32O5.2C24H30O5.C10H9ClO4.CH3F/c2*1-4-5-8-16(2)20(26)14-13-18-21(27)15-22-24(18)19-11-6-9-17(25(19)30-22)10-7-12-23(28)29-3;2*1-3-4-7-15(2)19(25)13-12-17-20(26)14-21-23(17)18-10-5-8-16(24(18)29-21)9-6-11-22(27)28;1-6(12)15-9(10(13)14)7-4-2-3-5-8(7)11;1-2/h2*6,9,11,13-14,16,18,20-22,24,26-27H,7-8,10,12,15H2,1-3H3;2*5,8,10,12-13,15,17,19-21,23,25-26H,6-7,9,11,14H2,1-2H3,(H,27,28);2-5,9H,1H3,(H,13,14);1H3/b2*14-13+;2*13-12+;;/t16?,18-,20+,21+,22-,24-;16-,18-,20+,21+,22-,24-;15?,17-,19+,20+,21-,23-;15-,17-,19+,20+,21-,23-;9-;/m00001./s1/i;;;;;1D. The summed E-state index contributed by atoms with van der Waals surface area (Å²) in [6, 6.07) is 30.6. The predicted octanol–water partition coefficient (Wildman–Crippen LogP) is 15.9. The Hall–Kier alpha value is -10.8. The molecule has 5 aromatic rings. The fraction of sp³-hybridized carbons (Fsp3) is 0.523. The van der Waals surface area contributed by atoms with Gasteiger partial charge in [0.05, 0.1) is 71.6 Å². The number of hydrogen-bond acceptors (Lipinski definition) is 21. The quantitative estimate of drug-likeness (QED) is 0.00777. The number of alkyl halides is 1. The lowest BCUT2D eigenvalue weighted by Crippen LogP contribution is -2.19. The molecule has 0 spiro atoms. The molecular weight excluding hydrogens is 1750 g/mol. The first-order valence-electron chi connectivity index (χ1n) is 47.4. The van der Waals surface area contributed by atoms with E-state index in [4.69, 9.17) is 56.7 Å². The first-order valence-corrected chi connectivity index (χ1v) is 47.0. The highest BCUT2D eigenvalue weighted by Crippen LogP contribution is 2.57. The van der Waals surface area contributed by atoms with Gasteiger partial charge in [0.1, 0.15) is 47.4 Å². The molecule has 4 aliphatic heterocycles. The summed E-state index contributed by atoms with van der Waals surface area (Å²) >= 11 is 5.79. The third-order valence-electron chi connectivity index (χ3n) is 26.3. The Kier molecular flexibility index (Phi) is 43.8. The summed E-state index contributed by atoms with van der Waals surface area (Å²) in [4.78, 5) is 65.9. The van der Waals surface area contributed by atoms with Crippen molar-refractivity contribution in [3.63, 3.8) is 0 Å². The van der Waals surface area contributed by atoms with Gasteiger partial charge in [-0.1, -0.05) is 179 Å². The van der Waals surface area contributed by atoms with E-state index in [2.05, 4.69) is 64.2 Å². The highest BCUT2D eigenvalue weighted by molar-refractivity contribution is 6.31. The van der Waals surface area contributed by atoms with Crippen LogP contribution in [0.1, 0.15) is 246 Å². The largest absolute Gasteiger partial charge is 0.489 e. The molecule has 135 heavy (non-hydrogen) atoms. The van der Waals surface area contributed by atoms with Crippen molar-refractivity contribution in [2.24, 2.45) is 47.3 Å². The zero-order valence-electron chi connectivity index (χ0n) is 80.1. The number of rotatable bonds is 35. The summed E-state index contributed by atoms with van der Waals surface area (Å²) in [6.07, 6.45) is 20.1. The Balaban J connectivity index is 0.000000210. The van der Waals surface area contributed by atoms with Gasteiger partial charge in [0.15, 0.2) is 0 Å². The Morgan fingerprint density at radius 3 is 0.926 bits per heavy atom. The number of para-hydroxylation sites is 4. The van der Waals surface area contributed by atoms with E-state index in [9.17, 15) is 74.0 Å². The summed E-state index contributed by atoms with van der Waals surface area (Å²) in [5.74, 6) is 23.0. The zero-order valence-corrected chi connectivity index (χ0v) is 79.9. The Morgan fingerprint density at radius 1 is 0.437 bits per heavy atom. The van der Waals surface area contributed by atoms with Gasteiger partial charge in [0.25, 0.3) is 0 Å². The number of esters is 3. The second-order valence-electron chi connectivity index (χ2n) is 35.7. The van der Waals surface area contributed by atoms with Gasteiger partial charge in [-0.05, 0) is 131 Å². The molecule has 5 aromatic carbocycles. The second-order valence-corrected chi connectivity index (χ2v) is 36.1. The smallest absolute Gasteiger partial charge is 0.349 e. The Labute approximate surface area is 800 Å². The topological polar surface area (TPSA) is 390 Å². The average molecular weight is 1890 g/mol. The van der Waals surface area contributed by atoms with E-state index >= 15 is 0 Å². The predicted molar refractivity (Wildman–Crippen MR) is 512 cm³/mol. The molecule has 4 heterocycles. The first kappa shape index (κ1) is 108. The van der Waals surface area contributed by atoms with Crippen molar-refractivity contribution in [1.82, 2.24) is 0 Å². The number of aliphatic hydroxyl groups excluding tert-OH is 8. The van der Waals surface area contributed by atoms with Gasteiger partial charge < -0.3 is 89.3 Å². The van der Waals surface area contributed by atoms with Crippen molar-refractivity contribution in [3.05, 3.63) is 201 Å². The number of carbonyl (C=O) groups is 6. The average Bonchev–Trinajstić information content (AvgIpc) is 1.61. The highest BCUT2D eigenvalue weighted by Gasteiger charge is 2.53. The molecule has 0 bridgehead atoms. The molecular formula is C109H136ClFO24. The number of carboxylic acids is 3. The van der Waals surface area contributed by atoms with Gasteiger partial charge in [-0.15, -0.1) is 47.4 Å². The van der Waals surface area contributed by atoms with E-state index in [1.54, 1.807) is 64.1 Å². The molecule has 730 valence electrons. The highest BCUT2D eigenvalue weighted by atomic mass is 35.5. The summed E-state index contributed by atoms with van der Waals surface area (Å²) in [5.41, 5.74) is 8.89. The lowest BCUT2D eigenvalue weighted by atomic mass is 9.86. The van der Waals surface area contributed by atoms with Crippen molar-refractivity contribution in [1.29, 1.82) is 0 Å². The Morgan fingerprint density at radius 2 is 0.696 bits per heavy atom. The van der Waals surface area contributed by atoms with Crippen molar-refractivity contribution in [2.75, 3.05) is 21.4 Å². The minimum Gasteiger partial charge on any atom is -0.489 e. The van der Waals surface area contributed by atoms with E-state index in [1.807, 2.05) is 113 Å². The number of aryl methyl sites for hydroxylation is 4. The van der Waals surface area contributed by atoms with Crippen molar-refractivity contribution in [2.45, 2.75) is 294 Å². The summed E-state index contributed by atoms with van der Waals surface area (Å²) in [7, 11) is 1.81. The molecule has 0 aromatic heterocycles. The van der Waals surface area contributed by atoms with E-state index in [0.717, 1.165) is 87.3 Å². The fourth-order valence-corrected chi connectivity index (χ4v) is 19.2. The number of methoxy groups -OCH3 is 2. The van der Waals surface area contributed by atoms with Crippen LogP contribution >= 0.6 is 11.6 Å². The van der Waals surface area contributed by atoms with Gasteiger partial charge in [0, 0.05) is 164 Å². The van der Waals surface area contributed by atoms with E-state index in [1.165, 1.54) is 26.4 Å². The number of hydrogen-bond donors (Lipinski definition) is 11. The summed E-state index contributed by atoms with van der Waals surface area (Å²) < 4.78 is 54.5. The van der Waals surface area contributed by atoms with Crippen LogP contribution in [0.25, 0.3) is 0 Å². The number of carbonyl (C=O) groups excluding carboxylic acids is 3. The maximum atomic E-state index is 11.4. The fourth-order valence-electron chi connectivity index (χ4n) is 18.9. The molecule has 25 atom stereocenters. The van der Waals surface area contributed by atoms with Crippen LogP contribution in [0.2, 0.25) is 5.02 Å². The van der Waals surface area contributed by atoms with Gasteiger partial charge >= 0.3 is 35.8 Å². The molecule has 26 heteroatoms. The van der Waals surface area contributed by atoms with E-state index in [-0.39, 0.29) is 131 Å². The molecule has 2 unspecified atom stereocenters. The molecule has 4 fully saturated rings. The maximum Gasteiger partial charge on any atom is 0.349 e.